The first kappa shape index (κ1) is 21.0. The third kappa shape index (κ3) is 3.56. The Balaban J connectivity index is 1.83. The van der Waals surface area contributed by atoms with E-state index in [1.54, 1.807) is 6.92 Å². The molecule has 9 nitrogen and oxygen atoms in total. The van der Waals surface area contributed by atoms with Crippen LogP contribution in [0.2, 0.25) is 0 Å². The smallest absolute Gasteiger partial charge is 0.197 e. The summed E-state index contributed by atoms with van der Waals surface area (Å²) in [7, 11) is 1.39. The number of hydrogen-bond acceptors (Lipinski definition) is 9. The summed E-state index contributed by atoms with van der Waals surface area (Å²) in [5, 5.41) is 50.9. The van der Waals surface area contributed by atoms with E-state index >= 15 is 0 Å². The minimum absolute atomic E-state index is 0.0577. The molecule has 1 aliphatic heterocycles. The lowest BCUT2D eigenvalue weighted by Gasteiger charge is -2.36. The topological polar surface area (TPSA) is 150 Å². The molecule has 1 aromatic heterocycles. The lowest BCUT2D eigenvalue weighted by molar-refractivity contribution is -0.164. The number of benzene rings is 2. The van der Waals surface area contributed by atoms with Crippen LogP contribution in [0.15, 0.2) is 39.5 Å². The van der Waals surface area contributed by atoms with E-state index in [4.69, 9.17) is 13.9 Å². The summed E-state index contributed by atoms with van der Waals surface area (Å²) in [6.07, 6.45) is -3.97. The van der Waals surface area contributed by atoms with Gasteiger partial charge in [-0.15, -0.1) is 0 Å². The van der Waals surface area contributed by atoms with Crippen LogP contribution in [-0.2, 0) is 4.74 Å². The van der Waals surface area contributed by atoms with Crippen LogP contribution in [0.5, 0.6) is 23.0 Å². The van der Waals surface area contributed by atoms with Crippen molar-refractivity contribution in [3.05, 3.63) is 46.1 Å². The SMILES string of the molecule is COc1cc(-c2cc(=O)c3c(O)c([C@@H]4C[C@@H](O)[C@H](O)[C@H](C)O4)c(O)cc3o2)ccc1O. The Labute approximate surface area is 176 Å². The van der Waals surface area contributed by atoms with Gasteiger partial charge in [-0.25, -0.2) is 0 Å². The summed E-state index contributed by atoms with van der Waals surface area (Å²) in [6.45, 7) is 1.56. The van der Waals surface area contributed by atoms with Gasteiger partial charge in [0.2, 0.25) is 0 Å². The highest BCUT2D eigenvalue weighted by Gasteiger charge is 2.37. The van der Waals surface area contributed by atoms with Gasteiger partial charge in [0.05, 0.1) is 31.0 Å². The van der Waals surface area contributed by atoms with Gasteiger partial charge in [-0.2, -0.15) is 0 Å². The Hall–Kier alpha value is -3.27. The molecule has 31 heavy (non-hydrogen) atoms. The lowest BCUT2D eigenvalue weighted by atomic mass is 9.92. The van der Waals surface area contributed by atoms with Crippen molar-refractivity contribution >= 4 is 11.0 Å². The molecule has 0 aliphatic carbocycles. The van der Waals surface area contributed by atoms with E-state index in [1.165, 1.54) is 37.4 Å². The third-order valence-corrected chi connectivity index (χ3v) is 5.51. The second-order valence-corrected chi connectivity index (χ2v) is 7.52. The van der Waals surface area contributed by atoms with Gasteiger partial charge < -0.3 is 39.4 Å². The van der Waals surface area contributed by atoms with Crippen molar-refractivity contribution in [3.8, 4) is 34.3 Å². The van der Waals surface area contributed by atoms with Gasteiger partial charge in [0.15, 0.2) is 16.9 Å². The number of fused-ring (bicyclic) bond motifs is 1. The van der Waals surface area contributed by atoms with Crippen molar-refractivity contribution in [1.29, 1.82) is 0 Å². The normalized spacial score (nSPS) is 23.7. The highest BCUT2D eigenvalue weighted by Crippen LogP contribution is 2.44. The fraction of sp³-hybridized carbons (Fsp3) is 0.318. The van der Waals surface area contributed by atoms with Crippen molar-refractivity contribution in [1.82, 2.24) is 0 Å². The molecular formula is C22H22O9. The molecule has 0 radical (unpaired) electrons. The molecule has 0 unspecified atom stereocenters. The predicted molar refractivity (Wildman–Crippen MR) is 109 cm³/mol. The fourth-order valence-electron chi connectivity index (χ4n) is 3.85. The molecule has 0 amide bonds. The molecule has 164 valence electrons. The zero-order valence-corrected chi connectivity index (χ0v) is 16.8. The van der Waals surface area contributed by atoms with Crippen LogP contribution in [0.25, 0.3) is 22.3 Å². The second-order valence-electron chi connectivity index (χ2n) is 7.52. The van der Waals surface area contributed by atoms with Gasteiger partial charge in [-0.1, -0.05) is 0 Å². The lowest BCUT2D eigenvalue weighted by Crippen LogP contribution is -2.43. The Morgan fingerprint density at radius 2 is 1.81 bits per heavy atom. The van der Waals surface area contributed by atoms with E-state index in [-0.39, 0.29) is 46.0 Å². The van der Waals surface area contributed by atoms with E-state index in [1.807, 2.05) is 0 Å². The summed E-state index contributed by atoms with van der Waals surface area (Å²) in [5.41, 5.74) is -0.237. The Morgan fingerprint density at radius 1 is 1.06 bits per heavy atom. The molecule has 5 N–H and O–H groups in total. The minimum atomic E-state index is -1.12. The molecule has 1 saturated heterocycles. The molecular weight excluding hydrogens is 408 g/mol. The second kappa shape index (κ2) is 7.77. The van der Waals surface area contributed by atoms with Gasteiger partial charge in [-0.3, -0.25) is 4.79 Å². The highest BCUT2D eigenvalue weighted by atomic mass is 16.5. The number of ether oxygens (including phenoxy) is 2. The zero-order chi connectivity index (χ0) is 22.4. The van der Waals surface area contributed by atoms with E-state index < -0.39 is 35.6 Å². The number of hydrogen-bond donors (Lipinski definition) is 5. The molecule has 0 bridgehead atoms. The summed E-state index contributed by atoms with van der Waals surface area (Å²) < 4.78 is 16.4. The van der Waals surface area contributed by atoms with Gasteiger partial charge in [0.25, 0.3) is 0 Å². The number of rotatable bonds is 3. The van der Waals surface area contributed by atoms with Crippen molar-refractivity contribution in [2.24, 2.45) is 0 Å². The molecule has 0 saturated carbocycles. The standard InChI is InChI=1S/C22H22O9/c1-9-21(27)14(26)8-17(30-9)19-13(25)7-18-20(22(19)28)12(24)6-15(31-18)10-3-4-11(23)16(5-10)29-2/h3-7,9,14,17,21,23,25-28H,8H2,1-2H3/t9-,14+,17-,21+/m0/s1. The molecule has 3 aromatic rings. The van der Waals surface area contributed by atoms with Gasteiger partial charge in [-0.05, 0) is 25.1 Å². The van der Waals surface area contributed by atoms with Gasteiger partial charge in [0.1, 0.15) is 34.3 Å². The highest BCUT2D eigenvalue weighted by molar-refractivity contribution is 5.88. The maximum atomic E-state index is 12.8. The monoisotopic (exact) mass is 430 g/mol. The molecule has 9 heteroatoms. The number of aliphatic hydroxyl groups excluding tert-OH is 2. The largest absolute Gasteiger partial charge is 0.507 e. The van der Waals surface area contributed by atoms with E-state index in [0.717, 1.165) is 0 Å². The van der Waals surface area contributed by atoms with E-state index in [2.05, 4.69) is 0 Å². The molecule has 4 rings (SSSR count). The van der Waals surface area contributed by atoms with Crippen molar-refractivity contribution in [2.45, 2.75) is 37.8 Å². The molecule has 0 spiro atoms. The van der Waals surface area contributed by atoms with Crippen molar-refractivity contribution in [3.63, 3.8) is 0 Å². The number of phenols is 3. The van der Waals surface area contributed by atoms with Crippen LogP contribution < -0.4 is 10.2 Å². The summed E-state index contributed by atoms with van der Waals surface area (Å²) in [5.74, 6) is -0.647. The van der Waals surface area contributed by atoms with Crippen LogP contribution in [0.3, 0.4) is 0 Å². The predicted octanol–water partition coefficient (Wildman–Crippen LogP) is 2.16. The molecule has 2 heterocycles. The Bertz CT molecular complexity index is 1190. The van der Waals surface area contributed by atoms with Crippen LogP contribution in [0.4, 0.5) is 0 Å². The van der Waals surface area contributed by atoms with Crippen LogP contribution in [0, 0.1) is 0 Å². The Morgan fingerprint density at radius 3 is 2.48 bits per heavy atom. The first-order valence-corrected chi connectivity index (χ1v) is 9.63. The Kier molecular flexibility index (Phi) is 5.26. The zero-order valence-electron chi connectivity index (χ0n) is 16.8. The van der Waals surface area contributed by atoms with E-state index in [9.17, 15) is 30.3 Å². The number of phenolic OH excluding ortho intramolecular Hbond substituents is 3. The summed E-state index contributed by atoms with van der Waals surface area (Å²) in [4.78, 5) is 12.8. The average Bonchev–Trinajstić information content (AvgIpc) is 2.71. The molecule has 2 aromatic carbocycles. The quantitative estimate of drug-likeness (QED) is 0.421. The third-order valence-electron chi connectivity index (χ3n) is 5.51. The summed E-state index contributed by atoms with van der Waals surface area (Å²) >= 11 is 0. The average molecular weight is 430 g/mol. The van der Waals surface area contributed by atoms with Crippen molar-refractivity contribution < 1.29 is 39.4 Å². The van der Waals surface area contributed by atoms with Crippen LogP contribution in [-0.4, -0.2) is 51.0 Å². The van der Waals surface area contributed by atoms with Crippen molar-refractivity contribution in [2.75, 3.05) is 7.11 Å². The summed E-state index contributed by atoms with van der Waals surface area (Å²) in [6, 6.07) is 6.77. The molecule has 4 atom stereocenters. The van der Waals surface area contributed by atoms with Gasteiger partial charge in [0, 0.05) is 24.1 Å². The first-order valence-electron chi connectivity index (χ1n) is 9.63. The molecule has 1 fully saturated rings. The number of methoxy groups -OCH3 is 1. The van der Waals surface area contributed by atoms with Crippen LogP contribution >= 0.6 is 0 Å². The van der Waals surface area contributed by atoms with E-state index in [0.29, 0.717) is 5.56 Å². The van der Waals surface area contributed by atoms with Gasteiger partial charge >= 0.3 is 0 Å². The first-order chi connectivity index (χ1) is 14.7. The number of aromatic hydroxyl groups is 3. The molecule has 1 aliphatic rings. The number of aliphatic hydroxyl groups is 2. The maximum absolute atomic E-state index is 12.8. The maximum Gasteiger partial charge on any atom is 0.197 e. The van der Waals surface area contributed by atoms with Crippen LogP contribution in [0.1, 0.15) is 25.0 Å². The minimum Gasteiger partial charge on any atom is -0.507 e. The fourth-order valence-corrected chi connectivity index (χ4v) is 3.85.